The van der Waals surface area contributed by atoms with Crippen LogP contribution in [0.15, 0.2) is 6.20 Å². The predicted octanol–water partition coefficient (Wildman–Crippen LogP) is 1.95. The number of carbonyl (C=O) groups excluding carboxylic acids is 1. The molecule has 0 bridgehead atoms. The van der Waals surface area contributed by atoms with Gasteiger partial charge in [0.1, 0.15) is 0 Å². The highest BCUT2D eigenvalue weighted by atomic mass is 32.1. The summed E-state index contributed by atoms with van der Waals surface area (Å²) >= 11 is 1.62. The topological polar surface area (TPSA) is 42.0 Å². The molecule has 1 amide bonds. The van der Waals surface area contributed by atoms with Crippen molar-refractivity contribution in [1.82, 2.24) is 10.3 Å². The number of hydrogen-bond acceptors (Lipinski definition) is 3. The van der Waals surface area contributed by atoms with Gasteiger partial charge >= 0.3 is 0 Å². The van der Waals surface area contributed by atoms with Crippen LogP contribution in [0.2, 0.25) is 0 Å². The average Bonchev–Trinajstić information content (AvgIpc) is 2.53. The van der Waals surface area contributed by atoms with Crippen molar-refractivity contribution in [3.05, 3.63) is 16.1 Å². The summed E-state index contributed by atoms with van der Waals surface area (Å²) in [6.45, 7) is 6.82. The van der Waals surface area contributed by atoms with E-state index in [-0.39, 0.29) is 5.91 Å². The third kappa shape index (κ3) is 3.10. The Morgan fingerprint density at radius 1 is 1.64 bits per heavy atom. The normalized spacial score (nSPS) is 10.6. The Kier molecular flexibility index (Phi) is 4.07. The van der Waals surface area contributed by atoms with Crippen LogP contribution < -0.4 is 5.32 Å². The van der Waals surface area contributed by atoms with Crippen LogP contribution in [0.3, 0.4) is 0 Å². The van der Waals surface area contributed by atoms with Crippen LogP contribution in [0.25, 0.3) is 0 Å². The van der Waals surface area contributed by atoms with Gasteiger partial charge in [0.2, 0.25) is 5.91 Å². The Labute approximate surface area is 88.6 Å². The number of carbonyl (C=O) groups is 1. The highest BCUT2D eigenvalue weighted by Crippen LogP contribution is 2.21. The van der Waals surface area contributed by atoms with Gasteiger partial charge in [0.15, 0.2) is 0 Å². The third-order valence-corrected chi connectivity index (χ3v) is 3.07. The highest BCUT2D eigenvalue weighted by molar-refractivity contribution is 7.11. The van der Waals surface area contributed by atoms with Gasteiger partial charge in [0, 0.05) is 23.5 Å². The van der Waals surface area contributed by atoms with Crippen LogP contribution >= 0.6 is 11.3 Å². The molecule has 0 aliphatic carbocycles. The smallest absolute Gasteiger partial charge is 0.225 e. The van der Waals surface area contributed by atoms with E-state index < -0.39 is 0 Å². The number of amides is 1. The van der Waals surface area contributed by atoms with Gasteiger partial charge in [0.05, 0.1) is 11.4 Å². The molecule has 14 heavy (non-hydrogen) atoms. The van der Waals surface area contributed by atoms with E-state index in [1.807, 2.05) is 6.92 Å². The van der Waals surface area contributed by atoms with E-state index in [9.17, 15) is 4.79 Å². The molecular weight excluding hydrogens is 196 g/mol. The molecule has 0 saturated carbocycles. The van der Waals surface area contributed by atoms with E-state index in [0.717, 1.165) is 9.88 Å². The van der Waals surface area contributed by atoms with Gasteiger partial charge in [-0.2, -0.15) is 0 Å². The second-order valence-corrected chi connectivity index (χ2v) is 4.60. The minimum absolute atomic E-state index is 0.0754. The summed E-state index contributed by atoms with van der Waals surface area (Å²) in [5.74, 6) is 0.523. The van der Waals surface area contributed by atoms with Gasteiger partial charge in [-0.25, -0.2) is 4.98 Å². The standard InChI is InChI=1S/C10H16N2OS/c1-4-11-9(13)5-8-6-12-10(14-8)7(2)3/h6-7H,4-5H2,1-3H3,(H,11,13). The maximum absolute atomic E-state index is 11.3. The molecular formula is C10H16N2OS. The fraction of sp³-hybridized carbons (Fsp3) is 0.600. The molecule has 0 aliphatic rings. The van der Waals surface area contributed by atoms with Crippen molar-refractivity contribution >= 4 is 17.2 Å². The molecule has 0 radical (unpaired) electrons. The molecule has 1 aromatic rings. The Hall–Kier alpha value is -0.900. The van der Waals surface area contributed by atoms with Crippen molar-refractivity contribution in [2.24, 2.45) is 0 Å². The van der Waals surface area contributed by atoms with Crippen LogP contribution in [0.1, 0.15) is 36.6 Å². The fourth-order valence-electron chi connectivity index (χ4n) is 1.09. The minimum Gasteiger partial charge on any atom is -0.356 e. The summed E-state index contributed by atoms with van der Waals surface area (Å²) in [5.41, 5.74) is 0. The molecule has 1 heterocycles. The molecule has 1 aromatic heterocycles. The molecule has 0 spiro atoms. The number of aromatic nitrogens is 1. The van der Waals surface area contributed by atoms with Crippen molar-refractivity contribution in [3.63, 3.8) is 0 Å². The van der Waals surface area contributed by atoms with Crippen LogP contribution in [0.4, 0.5) is 0 Å². The molecule has 1 N–H and O–H groups in total. The number of nitrogens with zero attached hydrogens (tertiary/aromatic N) is 1. The van der Waals surface area contributed by atoms with E-state index in [2.05, 4.69) is 24.1 Å². The van der Waals surface area contributed by atoms with Gasteiger partial charge in [-0.1, -0.05) is 13.8 Å². The van der Waals surface area contributed by atoms with Gasteiger partial charge in [0.25, 0.3) is 0 Å². The Bertz CT molecular complexity index is 307. The number of nitrogens with one attached hydrogen (secondary N) is 1. The van der Waals surface area contributed by atoms with Crippen LogP contribution in [0, 0.1) is 0 Å². The molecule has 4 heteroatoms. The van der Waals surface area contributed by atoms with Crippen molar-refractivity contribution in [2.45, 2.75) is 33.1 Å². The summed E-state index contributed by atoms with van der Waals surface area (Å²) in [5, 5.41) is 3.87. The summed E-state index contributed by atoms with van der Waals surface area (Å²) in [6, 6.07) is 0. The molecule has 0 fully saturated rings. The molecule has 0 aromatic carbocycles. The third-order valence-electron chi connectivity index (χ3n) is 1.77. The largest absolute Gasteiger partial charge is 0.356 e. The average molecular weight is 212 g/mol. The first kappa shape index (κ1) is 11.2. The first-order chi connectivity index (χ1) is 6.63. The molecule has 1 rings (SSSR count). The zero-order chi connectivity index (χ0) is 10.6. The first-order valence-corrected chi connectivity index (χ1v) is 5.66. The first-order valence-electron chi connectivity index (χ1n) is 4.84. The van der Waals surface area contributed by atoms with E-state index in [1.54, 1.807) is 17.5 Å². The lowest BCUT2D eigenvalue weighted by Gasteiger charge is -1.98. The molecule has 78 valence electrons. The van der Waals surface area contributed by atoms with Gasteiger partial charge in [-0.3, -0.25) is 4.79 Å². The second-order valence-electron chi connectivity index (χ2n) is 3.45. The van der Waals surface area contributed by atoms with Gasteiger partial charge < -0.3 is 5.32 Å². The van der Waals surface area contributed by atoms with Crippen LogP contribution in [-0.2, 0) is 11.2 Å². The summed E-state index contributed by atoms with van der Waals surface area (Å²) in [4.78, 5) is 16.6. The maximum atomic E-state index is 11.3. The lowest BCUT2D eigenvalue weighted by Crippen LogP contribution is -2.23. The van der Waals surface area contributed by atoms with Crippen LogP contribution in [0.5, 0.6) is 0 Å². The Morgan fingerprint density at radius 3 is 2.86 bits per heavy atom. The minimum atomic E-state index is 0.0754. The number of hydrogen-bond donors (Lipinski definition) is 1. The van der Waals surface area contributed by atoms with E-state index in [1.165, 1.54) is 0 Å². The van der Waals surface area contributed by atoms with E-state index >= 15 is 0 Å². The monoisotopic (exact) mass is 212 g/mol. The SMILES string of the molecule is CCNC(=O)Cc1cnc(C(C)C)s1. The zero-order valence-electron chi connectivity index (χ0n) is 8.83. The van der Waals surface area contributed by atoms with Crippen molar-refractivity contribution in [2.75, 3.05) is 6.54 Å². The second kappa shape index (κ2) is 5.10. The quantitative estimate of drug-likeness (QED) is 0.828. The fourth-order valence-corrected chi connectivity index (χ4v) is 2.01. The van der Waals surface area contributed by atoms with Crippen molar-refractivity contribution in [1.29, 1.82) is 0 Å². The zero-order valence-corrected chi connectivity index (χ0v) is 9.65. The summed E-state index contributed by atoms with van der Waals surface area (Å²) in [7, 11) is 0. The Balaban J connectivity index is 2.55. The molecule has 0 saturated heterocycles. The van der Waals surface area contributed by atoms with Crippen LogP contribution in [-0.4, -0.2) is 17.4 Å². The number of rotatable bonds is 4. The van der Waals surface area contributed by atoms with Gasteiger partial charge in [-0.05, 0) is 6.92 Å². The number of thiazole rings is 1. The summed E-state index contributed by atoms with van der Waals surface area (Å²) in [6.07, 6.45) is 2.26. The maximum Gasteiger partial charge on any atom is 0.225 e. The molecule has 0 unspecified atom stereocenters. The molecule has 0 atom stereocenters. The lowest BCUT2D eigenvalue weighted by atomic mass is 10.2. The Morgan fingerprint density at radius 2 is 2.36 bits per heavy atom. The van der Waals surface area contributed by atoms with E-state index in [4.69, 9.17) is 0 Å². The van der Waals surface area contributed by atoms with Crippen molar-refractivity contribution in [3.8, 4) is 0 Å². The number of likely N-dealkylation sites (N-methyl/N-ethyl adjacent to an activating group) is 1. The molecule has 0 aliphatic heterocycles. The highest BCUT2D eigenvalue weighted by Gasteiger charge is 2.08. The lowest BCUT2D eigenvalue weighted by molar-refractivity contribution is -0.120. The summed E-state index contributed by atoms with van der Waals surface area (Å²) < 4.78 is 0. The van der Waals surface area contributed by atoms with Crippen molar-refractivity contribution < 1.29 is 4.79 Å². The van der Waals surface area contributed by atoms with Gasteiger partial charge in [-0.15, -0.1) is 11.3 Å². The predicted molar refractivity (Wildman–Crippen MR) is 58.6 cm³/mol. The molecule has 3 nitrogen and oxygen atoms in total. The van der Waals surface area contributed by atoms with E-state index in [0.29, 0.717) is 18.9 Å².